The summed E-state index contributed by atoms with van der Waals surface area (Å²) in [7, 11) is 1.82. The van der Waals surface area contributed by atoms with Crippen molar-refractivity contribution >= 4 is 28.8 Å². The molecule has 0 radical (unpaired) electrons. The lowest BCUT2D eigenvalue weighted by Gasteiger charge is -2.20. The van der Waals surface area contributed by atoms with Gasteiger partial charge in [-0.25, -0.2) is 0 Å². The van der Waals surface area contributed by atoms with Gasteiger partial charge in [-0.05, 0) is 18.9 Å². The van der Waals surface area contributed by atoms with E-state index in [1.165, 1.54) is 0 Å². The standard InChI is InChI=1S/C12H16N4OS/c1-16(7-11(17)15-8-2-3-8)10-6-14-5-4-9(10)12(13)18/h4-6,8H,2-3,7H2,1H3,(H2,13,18)(H,15,17). The molecule has 5 nitrogen and oxygen atoms in total. The van der Waals surface area contributed by atoms with E-state index < -0.39 is 0 Å². The minimum Gasteiger partial charge on any atom is -0.389 e. The van der Waals surface area contributed by atoms with E-state index in [0.717, 1.165) is 24.1 Å². The van der Waals surface area contributed by atoms with Gasteiger partial charge in [0.25, 0.3) is 0 Å². The number of carbonyl (C=O) groups excluding carboxylic acids is 1. The van der Waals surface area contributed by atoms with Crippen molar-refractivity contribution in [1.82, 2.24) is 10.3 Å². The molecule has 1 amide bonds. The first-order valence-corrected chi connectivity index (χ1v) is 6.23. The molecular weight excluding hydrogens is 248 g/mol. The van der Waals surface area contributed by atoms with Crippen molar-refractivity contribution in [3.63, 3.8) is 0 Å². The summed E-state index contributed by atoms with van der Waals surface area (Å²) >= 11 is 4.99. The van der Waals surface area contributed by atoms with Gasteiger partial charge in [0.05, 0.1) is 18.4 Å². The molecule has 1 aliphatic carbocycles. The second-order valence-corrected chi connectivity index (χ2v) is 4.89. The number of aromatic nitrogens is 1. The lowest BCUT2D eigenvalue weighted by molar-refractivity contribution is -0.119. The van der Waals surface area contributed by atoms with Crippen LogP contribution < -0.4 is 16.0 Å². The second-order valence-electron chi connectivity index (χ2n) is 4.45. The van der Waals surface area contributed by atoms with Gasteiger partial charge in [0.1, 0.15) is 4.99 Å². The highest BCUT2D eigenvalue weighted by molar-refractivity contribution is 7.80. The lowest BCUT2D eigenvalue weighted by atomic mass is 10.2. The summed E-state index contributed by atoms with van der Waals surface area (Å²) in [6.45, 7) is 0.276. The average molecular weight is 264 g/mol. The Morgan fingerprint density at radius 1 is 1.67 bits per heavy atom. The third kappa shape index (κ3) is 3.16. The molecule has 6 heteroatoms. The second kappa shape index (κ2) is 5.30. The molecule has 1 aromatic heterocycles. The maximum Gasteiger partial charge on any atom is 0.239 e. The minimum absolute atomic E-state index is 0.0118. The Morgan fingerprint density at radius 2 is 2.39 bits per heavy atom. The Hall–Kier alpha value is -1.69. The van der Waals surface area contributed by atoms with Gasteiger partial charge in [-0.3, -0.25) is 9.78 Å². The van der Waals surface area contributed by atoms with E-state index in [1.807, 2.05) is 7.05 Å². The van der Waals surface area contributed by atoms with E-state index >= 15 is 0 Å². The van der Waals surface area contributed by atoms with E-state index in [-0.39, 0.29) is 12.5 Å². The number of amides is 1. The normalized spacial score (nSPS) is 14.1. The number of hydrogen-bond acceptors (Lipinski definition) is 4. The Kier molecular flexibility index (Phi) is 3.76. The van der Waals surface area contributed by atoms with Crippen molar-refractivity contribution in [3.8, 4) is 0 Å². The minimum atomic E-state index is 0.0118. The molecule has 1 saturated carbocycles. The van der Waals surface area contributed by atoms with Crippen molar-refractivity contribution in [2.24, 2.45) is 5.73 Å². The molecule has 1 heterocycles. The summed E-state index contributed by atoms with van der Waals surface area (Å²) in [6.07, 6.45) is 5.47. The third-order valence-electron chi connectivity index (χ3n) is 2.80. The predicted octanol–water partition coefficient (Wildman–Crippen LogP) is 0.431. The van der Waals surface area contributed by atoms with Crippen LogP contribution in [-0.2, 0) is 4.79 Å². The Labute approximate surface area is 111 Å². The van der Waals surface area contributed by atoms with Crippen LogP contribution in [0.1, 0.15) is 18.4 Å². The number of pyridine rings is 1. The monoisotopic (exact) mass is 264 g/mol. The zero-order valence-electron chi connectivity index (χ0n) is 10.2. The van der Waals surface area contributed by atoms with Crippen LogP contribution in [0.4, 0.5) is 5.69 Å². The molecule has 0 spiro atoms. The first-order valence-electron chi connectivity index (χ1n) is 5.82. The Balaban J connectivity index is 2.05. The van der Waals surface area contributed by atoms with Crippen LogP contribution in [-0.4, -0.2) is 35.5 Å². The number of nitrogens with zero attached hydrogens (tertiary/aromatic N) is 2. The van der Waals surface area contributed by atoms with Crippen molar-refractivity contribution < 1.29 is 4.79 Å². The van der Waals surface area contributed by atoms with Gasteiger partial charge in [0.15, 0.2) is 0 Å². The molecule has 1 fully saturated rings. The Bertz CT molecular complexity index is 473. The number of carbonyl (C=O) groups is 1. The smallest absolute Gasteiger partial charge is 0.239 e. The summed E-state index contributed by atoms with van der Waals surface area (Å²) < 4.78 is 0. The number of hydrogen-bond donors (Lipinski definition) is 2. The van der Waals surface area contributed by atoms with Crippen molar-refractivity contribution in [2.75, 3.05) is 18.5 Å². The van der Waals surface area contributed by atoms with Gasteiger partial charge in [-0.1, -0.05) is 12.2 Å². The fourth-order valence-electron chi connectivity index (χ4n) is 1.70. The molecule has 0 aliphatic heterocycles. The molecule has 0 aromatic carbocycles. The topological polar surface area (TPSA) is 71.2 Å². The molecule has 1 aliphatic rings. The molecule has 0 saturated heterocycles. The van der Waals surface area contributed by atoms with Crippen LogP contribution in [0, 0.1) is 0 Å². The molecule has 2 rings (SSSR count). The summed E-state index contributed by atoms with van der Waals surface area (Å²) in [5.41, 5.74) is 7.16. The fourth-order valence-corrected chi connectivity index (χ4v) is 1.87. The van der Waals surface area contributed by atoms with Crippen LogP contribution in [0.5, 0.6) is 0 Å². The zero-order chi connectivity index (χ0) is 13.1. The first-order chi connectivity index (χ1) is 8.58. The highest BCUT2D eigenvalue weighted by atomic mass is 32.1. The van der Waals surface area contributed by atoms with Gasteiger partial charge < -0.3 is 16.0 Å². The number of likely N-dealkylation sites (N-methyl/N-ethyl adjacent to an activating group) is 1. The first kappa shape index (κ1) is 12.8. The predicted molar refractivity (Wildman–Crippen MR) is 74.6 cm³/mol. The van der Waals surface area contributed by atoms with Crippen molar-refractivity contribution in [3.05, 3.63) is 24.0 Å². The molecule has 18 heavy (non-hydrogen) atoms. The van der Waals surface area contributed by atoms with Gasteiger partial charge in [0, 0.05) is 24.8 Å². The largest absolute Gasteiger partial charge is 0.389 e. The SMILES string of the molecule is CN(CC(=O)NC1CC1)c1cnccc1C(N)=S. The maximum atomic E-state index is 11.7. The molecule has 96 valence electrons. The summed E-state index contributed by atoms with van der Waals surface area (Å²) in [5, 5.41) is 2.94. The molecule has 1 aromatic rings. The van der Waals surface area contributed by atoms with Crippen LogP contribution in [0.15, 0.2) is 18.5 Å². The number of thiocarbonyl (C=S) groups is 1. The number of nitrogens with one attached hydrogen (secondary N) is 1. The van der Waals surface area contributed by atoms with E-state index in [1.54, 1.807) is 23.4 Å². The van der Waals surface area contributed by atoms with Crippen LogP contribution in [0.25, 0.3) is 0 Å². The van der Waals surface area contributed by atoms with Gasteiger partial charge in [-0.2, -0.15) is 0 Å². The molecule has 0 atom stereocenters. The summed E-state index contributed by atoms with van der Waals surface area (Å²) in [4.78, 5) is 17.9. The van der Waals surface area contributed by atoms with Gasteiger partial charge >= 0.3 is 0 Å². The molecular formula is C12H16N4OS. The van der Waals surface area contributed by atoms with Crippen LogP contribution in [0.3, 0.4) is 0 Å². The fraction of sp³-hybridized carbons (Fsp3) is 0.417. The Morgan fingerprint density at radius 3 is 3.00 bits per heavy atom. The van der Waals surface area contributed by atoms with Crippen LogP contribution in [0.2, 0.25) is 0 Å². The average Bonchev–Trinajstić information content (AvgIpc) is 3.12. The van der Waals surface area contributed by atoms with Crippen LogP contribution >= 0.6 is 12.2 Å². The summed E-state index contributed by atoms with van der Waals surface area (Å²) in [5.74, 6) is 0.0118. The number of nitrogens with two attached hydrogens (primary N) is 1. The maximum absolute atomic E-state index is 11.7. The van der Waals surface area contributed by atoms with Crippen molar-refractivity contribution in [2.45, 2.75) is 18.9 Å². The van der Waals surface area contributed by atoms with Gasteiger partial charge in [0.2, 0.25) is 5.91 Å². The third-order valence-corrected chi connectivity index (χ3v) is 3.02. The molecule has 0 unspecified atom stereocenters. The molecule has 0 bridgehead atoms. The number of rotatable bonds is 5. The highest BCUT2D eigenvalue weighted by Crippen LogP contribution is 2.20. The van der Waals surface area contributed by atoms with E-state index in [0.29, 0.717) is 11.0 Å². The number of anilines is 1. The quantitative estimate of drug-likeness (QED) is 0.755. The summed E-state index contributed by atoms with van der Waals surface area (Å²) in [6, 6.07) is 2.13. The van der Waals surface area contributed by atoms with E-state index in [4.69, 9.17) is 18.0 Å². The van der Waals surface area contributed by atoms with Gasteiger partial charge in [-0.15, -0.1) is 0 Å². The van der Waals surface area contributed by atoms with E-state index in [9.17, 15) is 4.79 Å². The lowest BCUT2D eigenvalue weighted by Crippen LogP contribution is -2.37. The zero-order valence-corrected chi connectivity index (χ0v) is 11.0. The molecule has 3 N–H and O–H groups in total. The highest BCUT2D eigenvalue weighted by Gasteiger charge is 2.24. The van der Waals surface area contributed by atoms with Crippen molar-refractivity contribution in [1.29, 1.82) is 0 Å². The van der Waals surface area contributed by atoms with E-state index in [2.05, 4.69) is 10.3 Å².